The fraction of sp³-hybridized carbons (Fsp3) is 0.333. The maximum atomic E-state index is 3.65. The van der Waals surface area contributed by atoms with Crippen LogP contribution in [-0.2, 0) is 0 Å². The molecular formula is C15H19NS. The van der Waals surface area contributed by atoms with E-state index in [4.69, 9.17) is 0 Å². The Bertz CT molecular complexity index is 461. The molecule has 1 unspecified atom stereocenters. The largest absolute Gasteiger partial charge is 0.303 e. The quantitative estimate of drug-likeness (QED) is 0.838. The number of benzene rings is 1. The Labute approximate surface area is 108 Å². The van der Waals surface area contributed by atoms with Crippen LogP contribution in [0.15, 0.2) is 41.8 Å². The SMILES string of the molecule is Cc1ccsc1C(C)N[C@@H](C)c1ccccc1. The first-order valence-electron chi connectivity index (χ1n) is 6.03. The molecule has 2 atom stereocenters. The molecular weight excluding hydrogens is 226 g/mol. The molecule has 2 rings (SSSR count). The molecule has 0 spiro atoms. The highest BCUT2D eigenvalue weighted by Gasteiger charge is 2.13. The van der Waals surface area contributed by atoms with Gasteiger partial charge in [0.15, 0.2) is 0 Å². The molecule has 1 aromatic heterocycles. The Morgan fingerprint density at radius 3 is 2.29 bits per heavy atom. The van der Waals surface area contributed by atoms with Crippen LogP contribution >= 0.6 is 11.3 Å². The first kappa shape index (κ1) is 12.3. The monoisotopic (exact) mass is 245 g/mol. The summed E-state index contributed by atoms with van der Waals surface area (Å²) in [5, 5.41) is 5.81. The van der Waals surface area contributed by atoms with Crippen molar-refractivity contribution >= 4 is 11.3 Å². The topological polar surface area (TPSA) is 12.0 Å². The van der Waals surface area contributed by atoms with Crippen LogP contribution < -0.4 is 5.32 Å². The summed E-state index contributed by atoms with van der Waals surface area (Å²) in [6.45, 7) is 6.63. The number of thiophene rings is 1. The number of nitrogens with one attached hydrogen (secondary N) is 1. The van der Waals surface area contributed by atoms with Crippen molar-refractivity contribution in [2.24, 2.45) is 0 Å². The van der Waals surface area contributed by atoms with Crippen LogP contribution in [0.4, 0.5) is 0 Å². The van der Waals surface area contributed by atoms with Gasteiger partial charge in [-0.15, -0.1) is 11.3 Å². The van der Waals surface area contributed by atoms with Crippen molar-refractivity contribution < 1.29 is 0 Å². The Morgan fingerprint density at radius 1 is 1.00 bits per heavy atom. The van der Waals surface area contributed by atoms with Crippen LogP contribution in [0.1, 0.15) is 41.9 Å². The van der Waals surface area contributed by atoms with Gasteiger partial charge in [-0.25, -0.2) is 0 Å². The second-order valence-electron chi connectivity index (χ2n) is 4.49. The van der Waals surface area contributed by atoms with Gasteiger partial charge in [0.1, 0.15) is 0 Å². The van der Waals surface area contributed by atoms with E-state index in [0.29, 0.717) is 12.1 Å². The lowest BCUT2D eigenvalue weighted by molar-refractivity contribution is 0.499. The molecule has 0 amide bonds. The molecule has 1 heterocycles. The van der Waals surface area contributed by atoms with Gasteiger partial charge in [0.2, 0.25) is 0 Å². The van der Waals surface area contributed by atoms with E-state index in [9.17, 15) is 0 Å². The zero-order valence-corrected chi connectivity index (χ0v) is 11.4. The van der Waals surface area contributed by atoms with Crippen molar-refractivity contribution in [1.82, 2.24) is 5.32 Å². The van der Waals surface area contributed by atoms with E-state index in [1.54, 1.807) is 0 Å². The number of hydrogen-bond acceptors (Lipinski definition) is 2. The first-order chi connectivity index (χ1) is 8.18. The van der Waals surface area contributed by atoms with Crippen molar-refractivity contribution in [1.29, 1.82) is 0 Å². The van der Waals surface area contributed by atoms with Crippen LogP contribution in [0.25, 0.3) is 0 Å². The molecule has 1 aromatic carbocycles. The average Bonchev–Trinajstić information content (AvgIpc) is 2.76. The molecule has 0 saturated heterocycles. The van der Waals surface area contributed by atoms with E-state index in [2.05, 4.69) is 67.9 Å². The minimum absolute atomic E-state index is 0.382. The first-order valence-corrected chi connectivity index (χ1v) is 6.91. The van der Waals surface area contributed by atoms with Crippen LogP contribution in [0, 0.1) is 6.92 Å². The summed E-state index contributed by atoms with van der Waals surface area (Å²) < 4.78 is 0. The maximum Gasteiger partial charge on any atom is 0.0393 e. The molecule has 1 N–H and O–H groups in total. The van der Waals surface area contributed by atoms with Crippen molar-refractivity contribution in [2.45, 2.75) is 32.9 Å². The van der Waals surface area contributed by atoms with E-state index in [1.807, 2.05) is 11.3 Å². The Hall–Kier alpha value is -1.12. The minimum atomic E-state index is 0.382. The molecule has 1 nitrogen and oxygen atoms in total. The molecule has 0 fully saturated rings. The van der Waals surface area contributed by atoms with Crippen LogP contribution in [0.5, 0.6) is 0 Å². The number of aryl methyl sites for hydroxylation is 1. The average molecular weight is 245 g/mol. The Morgan fingerprint density at radius 2 is 1.71 bits per heavy atom. The van der Waals surface area contributed by atoms with Gasteiger partial charge < -0.3 is 5.32 Å². The van der Waals surface area contributed by atoms with Crippen LogP contribution in [0.2, 0.25) is 0 Å². The highest BCUT2D eigenvalue weighted by atomic mass is 32.1. The summed E-state index contributed by atoms with van der Waals surface area (Å²) >= 11 is 1.83. The third-order valence-electron chi connectivity index (χ3n) is 3.09. The number of rotatable bonds is 4. The molecule has 90 valence electrons. The smallest absolute Gasteiger partial charge is 0.0393 e. The molecule has 2 aromatic rings. The number of hydrogen-bond donors (Lipinski definition) is 1. The Balaban J connectivity index is 2.05. The van der Waals surface area contributed by atoms with Crippen LogP contribution in [-0.4, -0.2) is 0 Å². The molecule has 0 saturated carbocycles. The van der Waals surface area contributed by atoms with Gasteiger partial charge in [-0.1, -0.05) is 30.3 Å². The molecule has 0 bridgehead atoms. The highest BCUT2D eigenvalue weighted by molar-refractivity contribution is 7.10. The predicted octanol–water partition coefficient (Wildman–Crippen LogP) is 4.47. The molecule has 0 radical (unpaired) electrons. The van der Waals surface area contributed by atoms with Crippen molar-refractivity contribution in [3.8, 4) is 0 Å². The summed E-state index contributed by atoms with van der Waals surface area (Å²) in [5.74, 6) is 0. The zero-order chi connectivity index (χ0) is 12.3. The van der Waals surface area contributed by atoms with Crippen molar-refractivity contribution in [3.63, 3.8) is 0 Å². The van der Waals surface area contributed by atoms with E-state index in [1.165, 1.54) is 16.0 Å². The van der Waals surface area contributed by atoms with Gasteiger partial charge in [0.25, 0.3) is 0 Å². The molecule has 0 aliphatic carbocycles. The third-order valence-corrected chi connectivity index (χ3v) is 4.30. The van der Waals surface area contributed by atoms with Gasteiger partial charge in [0, 0.05) is 17.0 Å². The van der Waals surface area contributed by atoms with E-state index < -0.39 is 0 Å². The fourth-order valence-electron chi connectivity index (χ4n) is 2.12. The highest BCUT2D eigenvalue weighted by Crippen LogP contribution is 2.26. The predicted molar refractivity (Wildman–Crippen MR) is 75.5 cm³/mol. The maximum absolute atomic E-state index is 3.65. The second-order valence-corrected chi connectivity index (χ2v) is 5.44. The van der Waals surface area contributed by atoms with E-state index in [0.717, 1.165) is 0 Å². The second kappa shape index (κ2) is 5.48. The third kappa shape index (κ3) is 2.96. The lowest BCUT2D eigenvalue weighted by Gasteiger charge is -2.20. The van der Waals surface area contributed by atoms with Gasteiger partial charge in [-0.2, -0.15) is 0 Å². The molecule has 0 aliphatic rings. The summed E-state index contributed by atoms with van der Waals surface area (Å²) in [5.41, 5.74) is 2.73. The molecule has 17 heavy (non-hydrogen) atoms. The van der Waals surface area contributed by atoms with Gasteiger partial charge in [-0.3, -0.25) is 0 Å². The van der Waals surface area contributed by atoms with Gasteiger partial charge in [-0.05, 0) is 43.3 Å². The summed E-state index contributed by atoms with van der Waals surface area (Å²) in [7, 11) is 0. The lowest BCUT2D eigenvalue weighted by Crippen LogP contribution is -2.22. The normalized spacial score (nSPS) is 14.5. The summed E-state index contributed by atoms with van der Waals surface area (Å²) in [4.78, 5) is 1.44. The van der Waals surface area contributed by atoms with E-state index in [-0.39, 0.29) is 0 Å². The van der Waals surface area contributed by atoms with Gasteiger partial charge >= 0.3 is 0 Å². The minimum Gasteiger partial charge on any atom is -0.303 e. The van der Waals surface area contributed by atoms with Crippen molar-refractivity contribution in [2.75, 3.05) is 0 Å². The summed E-state index contributed by atoms with van der Waals surface area (Å²) in [6.07, 6.45) is 0. The molecule has 2 heteroatoms. The van der Waals surface area contributed by atoms with Gasteiger partial charge in [0.05, 0.1) is 0 Å². The van der Waals surface area contributed by atoms with E-state index >= 15 is 0 Å². The Kier molecular flexibility index (Phi) is 3.97. The zero-order valence-electron chi connectivity index (χ0n) is 10.6. The van der Waals surface area contributed by atoms with Crippen molar-refractivity contribution in [3.05, 3.63) is 57.8 Å². The standard InChI is InChI=1S/C15H19NS/c1-11-9-10-17-15(11)13(3)16-12(2)14-7-5-4-6-8-14/h4-10,12-13,16H,1-3H3/t12-,13?/m0/s1. The summed E-state index contributed by atoms with van der Waals surface area (Å²) in [6, 6.07) is 13.6. The molecule has 0 aliphatic heterocycles. The van der Waals surface area contributed by atoms with Crippen LogP contribution in [0.3, 0.4) is 0 Å². The lowest BCUT2D eigenvalue weighted by atomic mass is 10.1. The fourth-order valence-corrected chi connectivity index (χ4v) is 3.06.